The molecule has 24 heavy (non-hydrogen) atoms. The fourth-order valence-corrected chi connectivity index (χ4v) is 2.11. The van der Waals surface area contributed by atoms with Gasteiger partial charge < -0.3 is 15.4 Å². The predicted molar refractivity (Wildman–Crippen MR) is 105 cm³/mol. The van der Waals surface area contributed by atoms with Gasteiger partial charge in [0.25, 0.3) is 0 Å². The number of ether oxygens (including phenoxy) is 1. The van der Waals surface area contributed by atoms with Crippen LogP contribution in [0.5, 0.6) is 0 Å². The van der Waals surface area contributed by atoms with E-state index in [2.05, 4.69) is 34.6 Å². The molecule has 0 aromatic rings. The maximum absolute atomic E-state index is 11.8. The number of rotatable bonds is 3. The number of piperidine rings is 1. The molecule has 0 unspecified atom stereocenters. The van der Waals surface area contributed by atoms with Crippen molar-refractivity contribution >= 4 is 6.09 Å². The fraction of sp³-hybridized carbons (Fsp3) is 0.950. The molecule has 1 aliphatic heterocycles. The summed E-state index contributed by atoms with van der Waals surface area (Å²) < 4.78 is 5.33. The van der Waals surface area contributed by atoms with Crippen molar-refractivity contribution in [3.63, 3.8) is 0 Å². The van der Waals surface area contributed by atoms with E-state index in [1.807, 2.05) is 20.8 Å². The zero-order chi connectivity index (χ0) is 19.2. The van der Waals surface area contributed by atoms with E-state index in [9.17, 15) is 4.79 Å². The van der Waals surface area contributed by atoms with Gasteiger partial charge in [-0.15, -0.1) is 0 Å². The van der Waals surface area contributed by atoms with Gasteiger partial charge in [-0.2, -0.15) is 0 Å². The third-order valence-corrected chi connectivity index (χ3v) is 3.82. The predicted octanol–water partition coefficient (Wildman–Crippen LogP) is 5.60. The zero-order valence-electron chi connectivity index (χ0n) is 17.7. The standard InChI is InChI=1S/C12H24N2O2.C5H12.C3H8/c1-11(2,3)16-10(15)14-7-5-12(4,9-13)6-8-14;1-3-5-4-2;1-3-2/h5-9,13H2,1-4H3;3-5H2,1-2H3;3H2,1-2H3. The first-order valence-electron chi connectivity index (χ1n) is 9.77. The van der Waals surface area contributed by atoms with Crippen molar-refractivity contribution in [2.45, 2.75) is 99.5 Å². The molecule has 4 heteroatoms. The maximum atomic E-state index is 11.8. The minimum atomic E-state index is -0.411. The minimum Gasteiger partial charge on any atom is -0.444 e. The van der Waals surface area contributed by atoms with Crippen LogP contribution in [-0.2, 0) is 4.74 Å². The number of nitrogens with two attached hydrogens (primary N) is 1. The lowest BCUT2D eigenvalue weighted by Gasteiger charge is -2.38. The third-order valence-electron chi connectivity index (χ3n) is 3.82. The molecule has 4 nitrogen and oxygen atoms in total. The average Bonchev–Trinajstić information content (AvgIpc) is 2.48. The highest BCUT2D eigenvalue weighted by molar-refractivity contribution is 5.68. The van der Waals surface area contributed by atoms with Crippen LogP contribution in [0.3, 0.4) is 0 Å². The molecule has 1 amide bonds. The van der Waals surface area contributed by atoms with E-state index >= 15 is 0 Å². The van der Waals surface area contributed by atoms with Gasteiger partial charge >= 0.3 is 6.09 Å². The van der Waals surface area contributed by atoms with Crippen LogP contribution in [-0.4, -0.2) is 36.2 Å². The van der Waals surface area contributed by atoms with Gasteiger partial charge in [0.15, 0.2) is 0 Å². The minimum absolute atomic E-state index is 0.193. The number of nitrogens with zero attached hydrogens (tertiary/aromatic N) is 1. The Morgan fingerprint density at radius 3 is 1.75 bits per heavy atom. The van der Waals surface area contributed by atoms with E-state index in [4.69, 9.17) is 10.5 Å². The number of likely N-dealkylation sites (tertiary alicyclic amines) is 1. The lowest BCUT2D eigenvalue weighted by molar-refractivity contribution is 0.0127. The van der Waals surface area contributed by atoms with Crippen LogP contribution in [0, 0.1) is 5.41 Å². The second-order valence-electron chi connectivity index (χ2n) is 8.04. The smallest absolute Gasteiger partial charge is 0.410 e. The molecule has 1 saturated heterocycles. The highest BCUT2D eigenvalue weighted by Crippen LogP contribution is 2.29. The van der Waals surface area contributed by atoms with E-state index in [0.29, 0.717) is 6.54 Å². The van der Waals surface area contributed by atoms with Crippen molar-refractivity contribution in [1.29, 1.82) is 0 Å². The molecular weight excluding hydrogens is 300 g/mol. The molecular formula is C20H44N2O2. The molecule has 146 valence electrons. The van der Waals surface area contributed by atoms with Gasteiger partial charge in [0, 0.05) is 13.1 Å². The molecule has 2 N–H and O–H groups in total. The SMILES string of the molecule is CC1(CN)CCN(C(=O)OC(C)(C)C)CC1.CCC.CCCCC. The topological polar surface area (TPSA) is 55.6 Å². The van der Waals surface area contributed by atoms with Crippen molar-refractivity contribution in [3.8, 4) is 0 Å². The Morgan fingerprint density at radius 1 is 1.08 bits per heavy atom. The summed E-state index contributed by atoms with van der Waals surface area (Å²) in [4.78, 5) is 13.6. The maximum Gasteiger partial charge on any atom is 0.410 e. The number of unbranched alkanes of at least 4 members (excludes halogenated alkanes) is 2. The number of carbonyl (C=O) groups excluding carboxylic acids is 1. The molecule has 0 aromatic heterocycles. The van der Waals surface area contributed by atoms with Crippen LogP contribution in [0.15, 0.2) is 0 Å². The summed E-state index contributed by atoms with van der Waals surface area (Å²) >= 11 is 0. The van der Waals surface area contributed by atoms with Crippen LogP contribution in [0.2, 0.25) is 0 Å². The Labute approximate surface area is 151 Å². The molecule has 1 rings (SSSR count). The van der Waals surface area contributed by atoms with E-state index in [1.54, 1.807) is 4.90 Å². The van der Waals surface area contributed by atoms with Crippen LogP contribution >= 0.6 is 0 Å². The summed E-state index contributed by atoms with van der Waals surface area (Å²) in [5.41, 5.74) is 5.51. The first-order chi connectivity index (χ1) is 11.1. The number of carbonyl (C=O) groups is 1. The fourth-order valence-electron chi connectivity index (χ4n) is 2.11. The Bertz CT molecular complexity index is 301. The molecule has 0 spiro atoms. The summed E-state index contributed by atoms with van der Waals surface area (Å²) in [6.45, 7) is 18.7. The largest absolute Gasteiger partial charge is 0.444 e. The zero-order valence-corrected chi connectivity index (χ0v) is 17.7. The number of hydrogen-bond acceptors (Lipinski definition) is 3. The molecule has 0 radical (unpaired) electrons. The van der Waals surface area contributed by atoms with Gasteiger partial charge in [-0.3, -0.25) is 0 Å². The molecule has 1 aliphatic rings. The van der Waals surface area contributed by atoms with Crippen molar-refractivity contribution < 1.29 is 9.53 Å². The van der Waals surface area contributed by atoms with Crippen LogP contribution in [0.4, 0.5) is 4.79 Å². The normalized spacial score (nSPS) is 16.3. The third kappa shape index (κ3) is 13.6. The van der Waals surface area contributed by atoms with Crippen molar-refractivity contribution in [2.75, 3.05) is 19.6 Å². The Morgan fingerprint density at radius 2 is 1.50 bits per heavy atom. The summed E-state index contributed by atoms with van der Waals surface area (Å²) in [6.07, 6.45) is 7.05. The Balaban J connectivity index is 0. The summed E-state index contributed by atoms with van der Waals surface area (Å²) in [5, 5.41) is 0. The van der Waals surface area contributed by atoms with Gasteiger partial charge in [-0.1, -0.05) is 60.3 Å². The Hall–Kier alpha value is -0.770. The second-order valence-corrected chi connectivity index (χ2v) is 8.04. The van der Waals surface area contributed by atoms with Crippen LogP contribution in [0.1, 0.15) is 93.9 Å². The highest BCUT2D eigenvalue weighted by Gasteiger charge is 2.32. The van der Waals surface area contributed by atoms with E-state index in [-0.39, 0.29) is 11.5 Å². The van der Waals surface area contributed by atoms with Gasteiger partial charge in [-0.05, 0) is 45.6 Å². The van der Waals surface area contributed by atoms with Crippen LogP contribution in [0.25, 0.3) is 0 Å². The lowest BCUT2D eigenvalue weighted by Crippen LogP contribution is -2.46. The van der Waals surface area contributed by atoms with Gasteiger partial charge in [0.2, 0.25) is 0 Å². The highest BCUT2D eigenvalue weighted by atomic mass is 16.6. The summed E-state index contributed by atoms with van der Waals surface area (Å²) in [5.74, 6) is 0. The van der Waals surface area contributed by atoms with E-state index in [1.165, 1.54) is 25.7 Å². The number of hydrogen-bond donors (Lipinski definition) is 1. The van der Waals surface area contributed by atoms with E-state index < -0.39 is 5.60 Å². The van der Waals surface area contributed by atoms with E-state index in [0.717, 1.165) is 25.9 Å². The molecule has 1 heterocycles. The monoisotopic (exact) mass is 344 g/mol. The van der Waals surface area contributed by atoms with Gasteiger partial charge in [0.05, 0.1) is 0 Å². The Kier molecular flexibility index (Phi) is 14.3. The molecule has 0 aromatic carbocycles. The van der Waals surface area contributed by atoms with Gasteiger partial charge in [0.1, 0.15) is 5.60 Å². The lowest BCUT2D eigenvalue weighted by atomic mass is 9.81. The summed E-state index contributed by atoms with van der Waals surface area (Å²) in [6, 6.07) is 0. The quantitative estimate of drug-likeness (QED) is 0.725. The molecule has 0 aliphatic carbocycles. The van der Waals surface area contributed by atoms with Crippen molar-refractivity contribution in [3.05, 3.63) is 0 Å². The summed E-state index contributed by atoms with van der Waals surface area (Å²) in [7, 11) is 0. The van der Waals surface area contributed by atoms with Crippen molar-refractivity contribution in [2.24, 2.45) is 11.1 Å². The molecule has 1 fully saturated rings. The first-order valence-corrected chi connectivity index (χ1v) is 9.77. The molecule has 0 bridgehead atoms. The molecule has 0 atom stereocenters. The molecule has 0 saturated carbocycles. The van der Waals surface area contributed by atoms with Gasteiger partial charge in [-0.25, -0.2) is 4.79 Å². The first kappa shape index (κ1) is 25.5. The average molecular weight is 345 g/mol. The number of amides is 1. The second kappa shape index (κ2) is 13.5. The van der Waals surface area contributed by atoms with Crippen molar-refractivity contribution in [1.82, 2.24) is 4.90 Å². The van der Waals surface area contributed by atoms with Crippen LogP contribution < -0.4 is 5.73 Å².